The average Bonchev–Trinajstić information content (AvgIpc) is 2.94. The first-order valence-corrected chi connectivity index (χ1v) is 8.78. The number of aliphatic hydroxyl groups is 1. The van der Waals surface area contributed by atoms with Gasteiger partial charge in [-0.2, -0.15) is 18.3 Å². The molecule has 1 heterocycles. The van der Waals surface area contributed by atoms with Gasteiger partial charge >= 0.3 is 6.18 Å². The summed E-state index contributed by atoms with van der Waals surface area (Å²) in [6.45, 7) is 3.46. The third-order valence-corrected chi connectivity index (χ3v) is 4.74. The molecule has 27 heavy (non-hydrogen) atoms. The van der Waals surface area contributed by atoms with Crippen molar-refractivity contribution in [2.24, 2.45) is 10.8 Å². The lowest BCUT2D eigenvalue weighted by atomic mass is 10.1. The summed E-state index contributed by atoms with van der Waals surface area (Å²) in [5.41, 5.74) is 12.2. The van der Waals surface area contributed by atoms with E-state index in [4.69, 9.17) is 10.8 Å². The van der Waals surface area contributed by atoms with Gasteiger partial charge in [0.05, 0.1) is 28.9 Å². The molecule has 0 aliphatic heterocycles. The van der Waals surface area contributed by atoms with Crippen LogP contribution in [0.25, 0.3) is 5.70 Å². The number of aliphatic hydroxyl groups excluding tert-OH is 1. The maximum atomic E-state index is 12.8. The molecule has 5 N–H and O–H groups in total. The number of halogens is 3. The lowest BCUT2D eigenvalue weighted by Gasteiger charge is -2.11. The van der Waals surface area contributed by atoms with Gasteiger partial charge in [-0.05, 0) is 43.7 Å². The molecule has 2 aromatic rings. The topological polar surface area (TPSA) is 95.6 Å². The number of hydrogen-bond acceptors (Lipinski definition) is 7. The molecule has 0 saturated heterocycles. The minimum absolute atomic E-state index is 0.0398. The van der Waals surface area contributed by atoms with Crippen LogP contribution in [0.1, 0.15) is 26.7 Å². The van der Waals surface area contributed by atoms with E-state index in [-0.39, 0.29) is 12.3 Å². The Balaban J connectivity index is 1.97. The Morgan fingerprint density at radius 3 is 2.74 bits per heavy atom. The summed E-state index contributed by atoms with van der Waals surface area (Å²) in [5.74, 6) is 0. The molecule has 2 rings (SSSR count). The molecular formula is C17H20F3N5OS. The van der Waals surface area contributed by atoms with Crippen molar-refractivity contribution in [3.63, 3.8) is 0 Å². The second-order valence-electron chi connectivity index (χ2n) is 5.72. The van der Waals surface area contributed by atoms with Gasteiger partial charge in [-0.1, -0.05) is 0 Å². The zero-order chi connectivity index (χ0) is 20.0. The van der Waals surface area contributed by atoms with Crippen molar-refractivity contribution < 1.29 is 18.3 Å². The predicted molar refractivity (Wildman–Crippen MR) is 101 cm³/mol. The van der Waals surface area contributed by atoms with Crippen molar-refractivity contribution in [2.45, 2.75) is 26.4 Å². The van der Waals surface area contributed by atoms with Crippen LogP contribution in [0.5, 0.6) is 0 Å². The Morgan fingerprint density at radius 1 is 1.33 bits per heavy atom. The van der Waals surface area contributed by atoms with Crippen LogP contribution in [0.15, 0.2) is 29.4 Å². The molecule has 0 radical (unpaired) electrons. The van der Waals surface area contributed by atoms with Gasteiger partial charge in [-0.3, -0.25) is 5.43 Å². The van der Waals surface area contributed by atoms with Crippen LogP contribution in [0.4, 0.5) is 18.9 Å². The molecule has 10 heteroatoms. The molecule has 0 unspecified atom stereocenters. The van der Waals surface area contributed by atoms with Crippen molar-refractivity contribution >= 4 is 28.9 Å². The fraction of sp³-hybridized carbons (Fsp3) is 0.294. The molecule has 0 spiro atoms. The molecule has 0 aliphatic carbocycles. The van der Waals surface area contributed by atoms with E-state index in [1.54, 1.807) is 13.0 Å². The monoisotopic (exact) mass is 399 g/mol. The van der Waals surface area contributed by atoms with E-state index in [1.807, 2.05) is 6.92 Å². The summed E-state index contributed by atoms with van der Waals surface area (Å²) >= 11 is 1.39. The van der Waals surface area contributed by atoms with Gasteiger partial charge in [0.25, 0.3) is 0 Å². The summed E-state index contributed by atoms with van der Waals surface area (Å²) < 4.78 is 38.4. The van der Waals surface area contributed by atoms with Crippen LogP contribution in [0, 0.1) is 13.8 Å². The Hall–Kier alpha value is -2.59. The lowest BCUT2D eigenvalue weighted by Crippen LogP contribution is -2.16. The van der Waals surface area contributed by atoms with Crippen LogP contribution in [-0.2, 0) is 12.6 Å². The van der Waals surface area contributed by atoms with Crippen molar-refractivity contribution in [2.75, 3.05) is 12.0 Å². The van der Waals surface area contributed by atoms with Crippen LogP contribution >= 0.6 is 11.3 Å². The number of aryl methyl sites for hydroxylation is 2. The molecule has 1 aromatic carbocycles. The van der Waals surface area contributed by atoms with Crippen LogP contribution in [0.2, 0.25) is 0 Å². The molecule has 0 atom stereocenters. The third kappa shape index (κ3) is 5.97. The number of allylic oxidation sites excluding steroid dienone is 1. The summed E-state index contributed by atoms with van der Waals surface area (Å²) in [7, 11) is 0. The Labute approximate surface area is 158 Å². The number of hydrazine groups is 1. The van der Waals surface area contributed by atoms with Crippen LogP contribution in [-0.4, -0.2) is 22.9 Å². The smallest absolute Gasteiger partial charge is 0.396 e. The van der Waals surface area contributed by atoms with E-state index in [2.05, 4.69) is 21.0 Å². The molecule has 146 valence electrons. The van der Waals surface area contributed by atoms with Gasteiger partial charge in [-0.15, -0.1) is 11.3 Å². The highest BCUT2D eigenvalue weighted by molar-refractivity contribution is 7.12. The molecule has 0 amide bonds. The van der Waals surface area contributed by atoms with E-state index in [0.29, 0.717) is 22.7 Å². The molecule has 0 fully saturated rings. The summed E-state index contributed by atoms with van der Waals surface area (Å²) in [5, 5.41) is 13.4. The van der Waals surface area contributed by atoms with Crippen molar-refractivity contribution in [1.29, 1.82) is 0 Å². The van der Waals surface area contributed by atoms with Crippen molar-refractivity contribution in [1.82, 2.24) is 10.5 Å². The number of alkyl halides is 3. The van der Waals surface area contributed by atoms with Gasteiger partial charge in [0.15, 0.2) is 0 Å². The first kappa shape index (κ1) is 20.7. The number of rotatable bonds is 7. The number of anilines is 1. The lowest BCUT2D eigenvalue weighted by molar-refractivity contribution is -0.137. The first-order chi connectivity index (χ1) is 12.7. The number of benzene rings is 1. The zero-order valence-corrected chi connectivity index (χ0v) is 15.6. The van der Waals surface area contributed by atoms with Gasteiger partial charge < -0.3 is 10.8 Å². The second kappa shape index (κ2) is 8.87. The summed E-state index contributed by atoms with van der Waals surface area (Å²) in [6.07, 6.45) is -1.01. The van der Waals surface area contributed by atoms with Gasteiger partial charge in [-0.25, -0.2) is 10.5 Å². The van der Waals surface area contributed by atoms with E-state index in [1.165, 1.54) is 23.6 Å². The quantitative estimate of drug-likeness (QED) is 0.424. The first-order valence-electron chi connectivity index (χ1n) is 7.97. The van der Waals surface area contributed by atoms with E-state index in [0.717, 1.165) is 22.7 Å². The van der Waals surface area contributed by atoms with Crippen molar-refractivity contribution in [3.8, 4) is 0 Å². The van der Waals surface area contributed by atoms with Gasteiger partial charge in [0.2, 0.25) is 0 Å². The Kier molecular flexibility index (Phi) is 6.81. The summed E-state index contributed by atoms with van der Waals surface area (Å²) in [6, 6.07) is 3.61. The standard InChI is InChI=1S/C17H20F3N5OS/c1-10-7-12(17(18,19)20)9-13(8-10)24-25-22-5-3-14(21)16-23-11(2)15(27-16)4-6-26/h3,5,7-9,24-26H,4,6,21H2,1-2H3. The molecule has 0 bridgehead atoms. The number of nitrogens with zero attached hydrogens (tertiary/aromatic N) is 2. The van der Waals surface area contributed by atoms with Crippen LogP contribution in [0.3, 0.4) is 0 Å². The number of hydrazone groups is 1. The predicted octanol–water partition coefficient (Wildman–Crippen LogP) is 3.22. The maximum absolute atomic E-state index is 12.8. The maximum Gasteiger partial charge on any atom is 0.416 e. The highest BCUT2D eigenvalue weighted by atomic mass is 32.1. The van der Waals surface area contributed by atoms with Gasteiger partial charge in [0.1, 0.15) is 5.01 Å². The highest BCUT2D eigenvalue weighted by Crippen LogP contribution is 2.31. The third-order valence-electron chi connectivity index (χ3n) is 3.48. The number of nitrogens with two attached hydrogens (primary N) is 1. The SMILES string of the molecule is Cc1cc(NNN=CC=C(N)c2nc(C)c(CCO)s2)cc(C(F)(F)F)c1. The molecular weight excluding hydrogens is 379 g/mol. The normalized spacial score (nSPS) is 12.6. The molecule has 6 nitrogen and oxygen atoms in total. The Morgan fingerprint density at radius 2 is 2.07 bits per heavy atom. The molecule has 1 aromatic heterocycles. The fourth-order valence-electron chi connectivity index (χ4n) is 2.23. The second-order valence-corrected chi connectivity index (χ2v) is 6.81. The average molecular weight is 399 g/mol. The highest BCUT2D eigenvalue weighted by Gasteiger charge is 2.30. The summed E-state index contributed by atoms with van der Waals surface area (Å²) in [4.78, 5) is 5.29. The minimum Gasteiger partial charge on any atom is -0.396 e. The Bertz CT molecular complexity index is 846. The number of hydrogen-bond donors (Lipinski definition) is 4. The van der Waals surface area contributed by atoms with Crippen LogP contribution < -0.4 is 16.7 Å². The van der Waals surface area contributed by atoms with E-state index >= 15 is 0 Å². The van der Waals surface area contributed by atoms with Gasteiger partial charge in [0, 0.05) is 17.9 Å². The number of thiazole rings is 1. The number of aromatic nitrogens is 1. The van der Waals surface area contributed by atoms with E-state index in [9.17, 15) is 13.2 Å². The molecule has 0 saturated carbocycles. The fourth-order valence-corrected chi connectivity index (χ4v) is 3.22. The minimum atomic E-state index is -4.41. The largest absolute Gasteiger partial charge is 0.416 e. The number of nitrogens with one attached hydrogen (secondary N) is 2. The zero-order valence-electron chi connectivity index (χ0n) is 14.8. The van der Waals surface area contributed by atoms with E-state index < -0.39 is 11.7 Å². The van der Waals surface area contributed by atoms with Crippen molar-refractivity contribution in [3.05, 3.63) is 51.0 Å². The molecule has 0 aliphatic rings.